The molecule has 0 unspecified atom stereocenters. The van der Waals surface area contributed by atoms with Crippen molar-refractivity contribution in [1.29, 1.82) is 0 Å². The zero-order chi connectivity index (χ0) is 16.4. The molecule has 3 heterocycles. The number of aromatic nitrogens is 1. The number of rotatable bonds is 3. The molecule has 0 saturated carbocycles. The predicted molar refractivity (Wildman–Crippen MR) is 89.4 cm³/mol. The molecule has 2 amide bonds. The van der Waals surface area contributed by atoms with Gasteiger partial charge in [0.05, 0.1) is 5.69 Å². The number of carbonyl (C=O) groups is 1. The molecule has 0 aromatic carbocycles. The van der Waals surface area contributed by atoms with Crippen molar-refractivity contribution in [2.24, 2.45) is 0 Å². The summed E-state index contributed by atoms with van der Waals surface area (Å²) < 4.78 is 5.26. The fraction of sp³-hybridized carbons (Fsp3) is 0.778. The number of piperidine rings is 1. The van der Waals surface area contributed by atoms with E-state index in [0.29, 0.717) is 12.1 Å². The number of likely N-dealkylation sites (tertiary alicyclic amines) is 2. The van der Waals surface area contributed by atoms with Gasteiger partial charge in [0.25, 0.3) is 0 Å². The van der Waals surface area contributed by atoms with E-state index in [1.807, 2.05) is 13.8 Å². The normalized spacial score (nSPS) is 25.2. The molecule has 2 aliphatic heterocycles. The largest absolute Gasteiger partial charge is 0.361 e. The summed E-state index contributed by atoms with van der Waals surface area (Å²) in [5, 5.41) is 4.04. The van der Waals surface area contributed by atoms with Crippen LogP contribution in [0.3, 0.4) is 0 Å². The van der Waals surface area contributed by atoms with Crippen LogP contribution in [0.1, 0.15) is 62.5 Å². The summed E-state index contributed by atoms with van der Waals surface area (Å²) in [6.45, 7) is 8.03. The van der Waals surface area contributed by atoms with E-state index in [9.17, 15) is 4.79 Å². The average molecular weight is 319 g/mol. The van der Waals surface area contributed by atoms with Gasteiger partial charge in [-0.1, -0.05) is 5.16 Å². The quantitative estimate of drug-likeness (QED) is 0.854. The van der Waals surface area contributed by atoms with Crippen molar-refractivity contribution in [1.82, 2.24) is 15.0 Å². The van der Waals surface area contributed by atoms with E-state index in [-0.39, 0.29) is 6.03 Å². The van der Waals surface area contributed by atoms with Gasteiger partial charge in [-0.15, -0.1) is 0 Å². The molecule has 0 bridgehead atoms. The van der Waals surface area contributed by atoms with Gasteiger partial charge in [0.1, 0.15) is 5.76 Å². The zero-order valence-corrected chi connectivity index (χ0v) is 14.7. The Morgan fingerprint density at radius 1 is 1.22 bits per heavy atom. The van der Waals surface area contributed by atoms with Crippen molar-refractivity contribution >= 4 is 6.03 Å². The van der Waals surface area contributed by atoms with Crippen molar-refractivity contribution in [3.8, 4) is 0 Å². The Bertz CT molecular complexity index is 529. The van der Waals surface area contributed by atoms with Crippen LogP contribution >= 0.6 is 0 Å². The minimum absolute atomic E-state index is 0.262. The molecule has 2 aliphatic rings. The van der Waals surface area contributed by atoms with E-state index in [4.69, 9.17) is 4.52 Å². The summed E-state index contributed by atoms with van der Waals surface area (Å²) in [6.07, 6.45) is 7.75. The Hall–Kier alpha value is -1.52. The summed E-state index contributed by atoms with van der Waals surface area (Å²) >= 11 is 0. The maximum absolute atomic E-state index is 12.9. The van der Waals surface area contributed by atoms with Crippen molar-refractivity contribution in [3.63, 3.8) is 0 Å². The fourth-order valence-corrected chi connectivity index (χ4v) is 4.12. The Labute approximate surface area is 139 Å². The van der Waals surface area contributed by atoms with Crippen molar-refractivity contribution in [3.05, 3.63) is 17.0 Å². The van der Waals surface area contributed by atoms with Gasteiger partial charge in [0.15, 0.2) is 0 Å². The molecule has 23 heavy (non-hydrogen) atoms. The number of amides is 2. The van der Waals surface area contributed by atoms with Crippen LogP contribution < -0.4 is 0 Å². The van der Waals surface area contributed by atoms with Crippen LogP contribution in [0.5, 0.6) is 0 Å². The van der Waals surface area contributed by atoms with Gasteiger partial charge in [0.2, 0.25) is 0 Å². The molecule has 5 nitrogen and oxygen atoms in total. The standard InChI is InChI=1S/C18H29N3O2/c1-13-7-8-16(9-10-17-14(2)19-23-15(17)3)21(13)18(22)20-11-5-4-6-12-20/h13,16H,4-12H2,1-3H3/t13-,16-/m1/s1. The van der Waals surface area contributed by atoms with Crippen LogP contribution in [-0.2, 0) is 6.42 Å². The Morgan fingerprint density at radius 3 is 2.61 bits per heavy atom. The average Bonchev–Trinajstić information content (AvgIpc) is 3.08. The van der Waals surface area contributed by atoms with E-state index < -0.39 is 0 Å². The first-order valence-electron chi connectivity index (χ1n) is 9.07. The van der Waals surface area contributed by atoms with E-state index in [2.05, 4.69) is 21.9 Å². The van der Waals surface area contributed by atoms with Crippen LogP contribution in [0.15, 0.2) is 4.52 Å². The number of urea groups is 1. The molecule has 128 valence electrons. The molecule has 0 radical (unpaired) electrons. The number of aryl methyl sites for hydroxylation is 2. The second-order valence-electron chi connectivity index (χ2n) is 7.16. The summed E-state index contributed by atoms with van der Waals surface area (Å²) in [6, 6.07) is 0.977. The molecule has 0 N–H and O–H groups in total. The van der Waals surface area contributed by atoms with Crippen LogP contribution in [0, 0.1) is 13.8 Å². The molecule has 3 rings (SSSR count). The first-order chi connectivity index (χ1) is 11.1. The van der Waals surface area contributed by atoms with Crippen LogP contribution in [-0.4, -0.2) is 46.2 Å². The molecule has 0 spiro atoms. The SMILES string of the molecule is Cc1noc(C)c1CC[C@H]1CC[C@@H](C)N1C(=O)N1CCCCC1. The topological polar surface area (TPSA) is 49.6 Å². The highest BCUT2D eigenvalue weighted by Gasteiger charge is 2.36. The molecule has 5 heteroatoms. The monoisotopic (exact) mass is 319 g/mol. The maximum Gasteiger partial charge on any atom is 0.320 e. The lowest BCUT2D eigenvalue weighted by Gasteiger charge is -2.36. The third-order valence-corrected chi connectivity index (χ3v) is 5.54. The maximum atomic E-state index is 12.9. The second-order valence-corrected chi connectivity index (χ2v) is 7.16. The third kappa shape index (κ3) is 3.38. The van der Waals surface area contributed by atoms with E-state index in [0.717, 1.165) is 63.1 Å². The van der Waals surface area contributed by atoms with Crippen LogP contribution in [0.4, 0.5) is 4.79 Å². The van der Waals surface area contributed by atoms with E-state index in [1.54, 1.807) is 0 Å². The van der Waals surface area contributed by atoms with E-state index >= 15 is 0 Å². The highest BCUT2D eigenvalue weighted by atomic mass is 16.5. The highest BCUT2D eigenvalue weighted by molar-refractivity contribution is 5.75. The number of nitrogens with zero attached hydrogens (tertiary/aromatic N) is 3. The Balaban J connectivity index is 1.65. The minimum atomic E-state index is 0.262. The Kier molecular flexibility index (Phi) is 4.93. The lowest BCUT2D eigenvalue weighted by Crippen LogP contribution is -2.49. The molecule has 1 aromatic heterocycles. The van der Waals surface area contributed by atoms with Gasteiger partial charge in [-0.25, -0.2) is 4.79 Å². The van der Waals surface area contributed by atoms with Crippen LogP contribution in [0.2, 0.25) is 0 Å². The fourth-order valence-electron chi connectivity index (χ4n) is 4.12. The summed E-state index contributed by atoms with van der Waals surface area (Å²) in [5.74, 6) is 0.919. The van der Waals surface area contributed by atoms with Crippen LogP contribution in [0.25, 0.3) is 0 Å². The highest BCUT2D eigenvalue weighted by Crippen LogP contribution is 2.30. The van der Waals surface area contributed by atoms with E-state index in [1.165, 1.54) is 12.0 Å². The molecule has 1 aromatic rings. The summed E-state index contributed by atoms with van der Waals surface area (Å²) in [5.41, 5.74) is 2.21. The predicted octanol–water partition coefficient (Wildman–Crippen LogP) is 3.68. The Morgan fingerprint density at radius 2 is 1.96 bits per heavy atom. The van der Waals surface area contributed by atoms with Crippen molar-refractivity contribution in [2.75, 3.05) is 13.1 Å². The molecule has 2 saturated heterocycles. The minimum Gasteiger partial charge on any atom is -0.361 e. The first-order valence-corrected chi connectivity index (χ1v) is 9.07. The van der Waals surface area contributed by atoms with Crippen molar-refractivity contribution in [2.45, 2.75) is 77.8 Å². The number of hydrogen-bond donors (Lipinski definition) is 0. The van der Waals surface area contributed by atoms with Crippen molar-refractivity contribution < 1.29 is 9.32 Å². The summed E-state index contributed by atoms with van der Waals surface area (Å²) in [4.78, 5) is 17.2. The van der Waals surface area contributed by atoms with Gasteiger partial charge in [-0.05, 0) is 65.7 Å². The lowest BCUT2D eigenvalue weighted by atomic mass is 10.0. The third-order valence-electron chi connectivity index (χ3n) is 5.54. The first kappa shape index (κ1) is 16.3. The number of hydrogen-bond acceptors (Lipinski definition) is 3. The lowest BCUT2D eigenvalue weighted by molar-refractivity contribution is 0.124. The van der Waals surface area contributed by atoms with Gasteiger partial charge in [0, 0.05) is 30.7 Å². The van der Waals surface area contributed by atoms with Gasteiger partial charge >= 0.3 is 6.03 Å². The molecule has 2 fully saturated rings. The molecular weight excluding hydrogens is 290 g/mol. The van der Waals surface area contributed by atoms with Gasteiger partial charge in [-0.3, -0.25) is 0 Å². The molecule has 0 aliphatic carbocycles. The smallest absolute Gasteiger partial charge is 0.320 e. The second kappa shape index (κ2) is 6.93. The number of carbonyl (C=O) groups excluding carboxylic acids is 1. The zero-order valence-electron chi connectivity index (χ0n) is 14.7. The van der Waals surface area contributed by atoms with Gasteiger partial charge in [-0.2, -0.15) is 0 Å². The molecular formula is C18H29N3O2. The molecule has 2 atom stereocenters. The van der Waals surface area contributed by atoms with Gasteiger partial charge < -0.3 is 14.3 Å². The summed E-state index contributed by atoms with van der Waals surface area (Å²) in [7, 11) is 0.